The van der Waals surface area contributed by atoms with Gasteiger partial charge in [-0.05, 0) is 30.7 Å². The first-order chi connectivity index (χ1) is 11.7. The Balaban J connectivity index is 0.00000225. The van der Waals surface area contributed by atoms with Crippen molar-refractivity contribution in [3.05, 3.63) is 35.9 Å². The highest BCUT2D eigenvalue weighted by molar-refractivity contribution is 5.85. The van der Waals surface area contributed by atoms with Crippen LogP contribution in [-0.2, 0) is 20.9 Å². The predicted molar refractivity (Wildman–Crippen MR) is 99.6 cm³/mol. The predicted octanol–water partition coefficient (Wildman–Crippen LogP) is 2.23. The Morgan fingerprint density at radius 2 is 1.96 bits per heavy atom. The van der Waals surface area contributed by atoms with Crippen LogP contribution in [0.4, 0.5) is 0 Å². The minimum Gasteiger partial charge on any atom is -0.381 e. The SMILES string of the molecule is Cl.NC(C(=O)N1CCC(COCc2ccccc2)C1)C1CCOCC1. The van der Waals surface area contributed by atoms with Gasteiger partial charge in [0.25, 0.3) is 0 Å². The van der Waals surface area contributed by atoms with E-state index in [1.54, 1.807) is 0 Å². The van der Waals surface area contributed by atoms with Crippen LogP contribution in [0.25, 0.3) is 0 Å². The lowest BCUT2D eigenvalue weighted by Gasteiger charge is -2.29. The summed E-state index contributed by atoms with van der Waals surface area (Å²) in [5, 5.41) is 0. The molecule has 2 unspecified atom stereocenters. The van der Waals surface area contributed by atoms with Crippen LogP contribution >= 0.6 is 12.4 Å². The number of rotatable bonds is 6. The molecule has 1 aromatic rings. The van der Waals surface area contributed by atoms with Crippen molar-refractivity contribution in [1.29, 1.82) is 0 Å². The molecule has 2 fully saturated rings. The van der Waals surface area contributed by atoms with Crippen LogP contribution in [0.5, 0.6) is 0 Å². The van der Waals surface area contributed by atoms with E-state index in [0.29, 0.717) is 19.1 Å². The average molecular weight is 369 g/mol. The molecule has 0 spiro atoms. The first-order valence-corrected chi connectivity index (χ1v) is 8.98. The van der Waals surface area contributed by atoms with Crippen molar-refractivity contribution in [2.24, 2.45) is 17.6 Å². The van der Waals surface area contributed by atoms with Gasteiger partial charge in [-0.2, -0.15) is 0 Å². The Morgan fingerprint density at radius 3 is 2.68 bits per heavy atom. The molecular weight excluding hydrogens is 340 g/mol. The van der Waals surface area contributed by atoms with Crippen molar-refractivity contribution in [3.8, 4) is 0 Å². The Morgan fingerprint density at radius 1 is 1.24 bits per heavy atom. The summed E-state index contributed by atoms with van der Waals surface area (Å²) < 4.78 is 11.2. The van der Waals surface area contributed by atoms with Crippen LogP contribution in [0.2, 0.25) is 0 Å². The van der Waals surface area contributed by atoms with E-state index >= 15 is 0 Å². The zero-order valence-electron chi connectivity index (χ0n) is 14.6. The van der Waals surface area contributed by atoms with Crippen molar-refractivity contribution < 1.29 is 14.3 Å². The van der Waals surface area contributed by atoms with Crippen LogP contribution in [0.3, 0.4) is 0 Å². The molecule has 1 aromatic carbocycles. The number of carbonyl (C=O) groups is 1. The summed E-state index contributed by atoms with van der Waals surface area (Å²) >= 11 is 0. The van der Waals surface area contributed by atoms with Crippen molar-refractivity contribution in [2.45, 2.75) is 31.9 Å². The number of halogens is 1. The van der Waals surface area contributed by atoms with Gasteiger partial charge >= 0.3 is 0 Å². The zero-order chi connectivity index (χ0) is 16.8. The largest absolute Gasteiger partial charge is 0.381 e. The second-order valence-corrected chi connectivity index (χ2v) is 6.92. The molecule has 2 saturated heterocycles. The van der Waals surface area contributed by atoms with Crippen molar-refractivity contribution in [3.63, 3.8) is 0 Å². The lowest BCUT2D eigenvalue weighted by molar-refractivity contribution is -0.133. The van der Waals surface area contributed by atoms with E-state index in [1.807, 2.05) is 23.1 Å². The number of amides is 1. The third-order valence-corrected chi connectivity index (χ3v) is 5.12. The Hall–Kier alpha value is -1.14. The first-order valence-electron chi connectivity index (χ1n) is 8.98. The topological polar surface area (TPSA) is 64.8 Å². The smallest absolute Gasteiger partial charge is 0.239 e. The summed E-state index contributed by atoms with van der Waals surface area (Å²) in [5.74, 6) is 0.784. The number of likely N-dealkylation sites (tertiary alicyclic amines) is 1. The minimum absolute atomic E-state index is 0. The lowest BCUT2D eigenvalue weighted by Crippen LogP contribution is -2.48. The number of nitrogens with two attached hydrogens (primary N) is 1. The molecule has 6 heteroatoms. The summed E-state index contributed by atoms with van der Waals surface area (Å²) in [4.78, 5) is 14.5. The number of ether oxygens (including phenoxy) is 2. The summed E-state index contributed by atoms with van der Waals surface area (Å²) in [7, 11) is 0. The highest BCUT2D eigenvalue weighted by Gasteiger charge is 2.33. The molecule has 140 valence electrons. The zero-order valence-corrected chi connectivity index (χ0v) is 15.5. The summed E-state index contributed by atoms with van der Waals surface area (Å²) in [6, 6.07) is 9.80. The van der Waals surface area contributed by atoms with Gasteiger partial charge in [0.15, 0.2) is 0 Å². The van der Waals surface area contributed by atoms with Crippen molar-refractivity contribution in [2.75, 3.05) is 32.9 Å². The minimum atomic E-state index is -0.377. The summed E-state index contributed by atoms with van der Waals surface area (Å²) in [6.45, 7) is 4.35. The quantitative estimate of drug-likeness (QED) is 0.836. The highest BCUT2D eigenvalue weighted by Crippen LogP contribution is 2.23. The van der Waals surface area contributed by atoms with E-state index in [4.69, 9.17) is 15.2 Å². The van der Waals surface area contributed by atoms with Crippen LogP contribution in [0, 0.1) is 11.8 Å². The number of nitrogens with zero attached hydrogens (tertiary/aromatic N) is 1. The highest BCUT2D eigenvalue weighted by atomic mass is 35.5. The maximum atomic E-state index is 12.6. The number of carbonyl (C=O) groups excluding carboxylic acids is 1. The molecule has 1 amide bonds. The number of hydrogen-bond acceptors (Lipinski definition) is 4. The fraction of sp³-hybridized carbons (Fsp3) is 0.632. The van der Waals surface area contributed by atoms with Gasteiger partial charge in [-0.25, -0.2) is 0 Å². The molecule has 2 N–H and O–H groups in total. The number of benzene rings is 1. The van der Waals surface area contributed by atoms with Gasteiger partial charge in [-0.15, -0.1) is 12.4 Å². The molecule has 0 saturated carbocycles. The van der Waals surface area contributed by atoms with Crippen LogP contribution in [-0.4, -0.2) is 49.8 Å². The normalized spacial score (nSPS) is 22.4. The standard InChI is InChI=1S/C19H28N2O3.ClH/c20-18(17-7-10-23-11-8-17)19(22)21-9-6-16(12-21)14-24-13-15-4-2-1-3-5-15;/h1-5,16-18H,6-14,20H2;1H. The van der Waals surface area contributed by atoms with Gasteiger partial charge in [-0.3, -0.25) is 4.79 Å². The van der Waals surface area contributed by atoms with E-state index in [0.717, 1.165) is 45.6 Å². The second-order valence-electron chi connectivity index (χ2n) is 6.92. The van der Waals surface area contributed by atoms with Crippen LogP contribution in [0.1, 0.15) is 24.8 Å². The van der Waals surface area contributed by atoms with Gasteiger partial charge in [0, 0.05) is 32.2 Å². The monoisotopic (exact) mass is 368 g/mol. The molecule has 0 aliphatic carbocycles. The Bertz CT molecular complexity index is 523. The molecule has 2 heterocycles. The molecule has 25 heavy (non-hydrogen) atoms. The van der Waals surface area contributed by atoms with Gasteiger partial charge in [0.1, 0.15) is 0 Å². The van der Waals surface area contributed by atoms with Gasteiger partial charge in [-0.1, -0.05) is 30.3 Å². The molecular formula is C19H29ClN2O3. The molecule has 3 rings (SSSR count). The molecule has 0 aromatic heterocycles. The van der Waals surface area contributed by atoms with Crippen LogP contribution in [0.15, 0.2) is 30.3 Å². The van der Waals surface area contributed by atoms with E-state index in [-0.39, 0.29) is 30.3 Å². The van der Waals surface area contributed by atoms with Gasteiger partial charge in [0.05, 0.1) is 19.3 Å². The molecule has 2 aliphatic rings. The Kier molecular flexibility index (Phi) is 8.16. The molecule has 5 nitrogen and oxygen atoms in total. The summed E-state index contributed by atoms with van der Waals surface area (Å²) in [5.41, 5.74) is 7.40. The third kappa shape index (κ3) is 5.68. The van der Waals surface area contributed by atoms with Crippen molar-refractivity contribution >= 4 is 18.3 Å². The Labute approximate surface area is 156 Å². The van der Waals surface area contributed by atoms with E-state index in [2.05, 4.69) is 12.1 Å². The lowest BCUT2D eigenvalue weighted by atomic mass is 9.91. The van der Waals surface area contributed by atoms with Gasteiger partial charge < -0.3 is 20.1 Å². The van der Waals surface area contributed by atoms with Gasteiger partial charge in [0.2, 0.25) is 5.91 Å². The fourth-order valence-corrected chi connectivity index (χ4v) is 3.57. The van der Waals surface area contributed by atoms with E-state index in [1.165, 1.54) is 5.56 Å². The van der Waals surface area contributed by atoms with Crippen LogP contribution < -0.4 is 5.73 Å². The summed E-state index contributed by atoms with van der Waals surface area (Å²) in [6.07, 6.45) is 2.79. The molecule has 2 atom stereocenters. The second kappa shape index (κ2) is 10.1. The molecule has 2 aliphatic heterocycles. The third-order valence-electron chi connectivity index (χ3n) is 5.12. The molecule has 0 radical (unpaired) electrons. The van der Waals surface area contributed by atoms with Crippen molar-refractivity contribution in [1.82, 2.24) is 4.90 Å². The maximum absolute atomic E-state index is 12.6. The fourth-order valence-electron chi connectivity index (χ4n) is 3.57. The van der Waals surface area contributed by atoms with E-state index in [9.17, 15) is 4.79 Å². The average Bonchev–Trinajstić information content (AvgIpc) is 3.11. The maximum Gasteiger partial charge on any atom is 0.239 e. The first kappa shape index (κ1) is 20.2. The number of hydrogen-bond donors (Lipinski definition) is 1. The van der Waals surface area contributed by atoms with E-state index < -0.39 is 0 Å². The molecule has 0 bridgehead atoms.